The van der Waals surface area contributed by atoms with Crippen molar-refractivity contribution in [3.63, 3.8) is 0 Å². The van der Waals surface area contributed by atoms with E-state index in [2.05, 4.69) is 86.7 Å². The van der Waals surface area contributed by atoms with Crippen LogP contribution in [0.5, 0.6) is 0 Å². The van der Waals surface area contributed by atoms with Gasteiger partial charge in [0.1, 0.15) is 5.82 Å². The lowest BCUT2D eigenvalue weighted by Crippen LogP contribution is -2.17. The molecule has 194 valence electrons. The minimum absolute atomic E-state index is 0.115. The fourth-order valence-electron chi connectivity index (χ4n) is 5.80. The molecule has 0 radical (unpaired) electrons. The molecule has 0 bridgehead atoms. The number of aryl methyl sites for hydroxylation is 2. The summed E-state index contributed by atoms with van der Waals surface area (Å²) in [5.41, 5.74) is 5.69. The molecule has 0 aromatic heterocycles. The summed E-state index contributed by atoms with van der Waals surface area (Å²) in [6, 6.07) is 25.3. The van der Waals surface area contributed by atoms with Gasteiger partial charge in [0.2, 0.25) is 0 Å². The average molecular weight is 495 g/mol. The summed E-state index contributed by atoms with van der Waals surface area (Å²) in [6.07, 6.45) is 19.1. The summed E-state index contributed by atoms with van der Waals surface area (Å²) in [6.45, 7) is 4.43. The molecule has 0 unspecified atom stereocenters. The van der Waals surface area contributed by atoms with Gasteiger partial charge in [-0.2, -0.15) is 0 Å². The van der Waals surface area contributed by atoms with E-state index in [0.717, 1.165) is 42.2 Å². The number of benzene rings is 3. The minimum Gasteiger partial charge on any atom is -0.206 e. The summed E-state index contributed by atoms with van der Waals surface area (Å²) in [5, 5.41) is 0. The van der Waals surface area contributed by atoms with Crippen LogP contribution in [0.4, 0.5) is 4.39 Å². The van der Waals surface area contributed by atoms with E-state index in [9.17, 15) is 4.39 Å². The monoisotopic (exact) mass is 494 g/mol. The van der Waals surface area contributed by atoms with Crippen molar-refractivity contribution in [3.8, 4) is 0 Å². The summed E-state index contributed by atoms with van der Waals surface area (Å²) >= 11 is 0. The van der Waals surface area contributed by atoms with Crippen molar-refractivity contribution in [2.75, 3.05) is 0 Å². The van der Waals surface area contributed by atoms with Crippen LogP contribution in [0.3, 0.4) is 0 Å². The van der Waals surface area contributed by atoms with Gasteiger partial charge in [-0.05, 0) is 85.1 Å². The van der Waals surface area contributed by atoms with Gasteiger partial charge in [0.15, 0.2) is 0 Å². The summed E-state index contributed by atoms with van der Waals surface area (Å²) < 4.78 is 14.8. The first-order valence-corrected chi connectivity index (χ1v) is 14.3. The first-order chi connectivity index (χ1) is 18.1. The van der Waals surface area contributed by atoms with Gasteiger partial charge in [0.25, 0.3) is 0 Å². The van der Waals surface area contributed by atoms with Crippen molar-refractivity contribution in [1.82, 2.24) is 0 Å². The van der Waals surface area contributed by atoms with Crippen molar-refractivity contribution >= 4 is 12.2 Å². The van der Waals surface area contributed by atoms with Gasteiger partial charge in [-0.15, -0.1) is 0 Å². The molecule has 0 amide bonds. The average Bonchev–Trinajstić information content (AvgIpc) is 2.93. The van der Waals surface area contributed by atoms with Crippen LogP contribution in [0.1, 0.15) is 92.5 Å². The van der Waals surface area contributed by atoms with E-state index in [1.165, 1.54) is 49.7 Å². The van der Waals surface area contributed by atoms with Crippen molar-refractivity contribution in [1.29, 1.82) is 0 Å². The Hall–Kier alpha value is -2.93. The molecule has 1 fully saturated rings. The maximum atomic E-state index is 14.8. The lowest BCUT2D eigenvalue weighted by molar-refractivity contribution is 0.245. The third-order valence-corrected chi connectivity index (χ3v) is 8.20. The maximum absolute atomic E-state index is 14.8. The fourth-order valence-corrected chi connectivity index (χ4v) is 5.80. The zero-order valence-corrected chi connectivity index (χ0v) is 22.7. The first-order valence-electron chi connectivity index (χ1n) is 14.3. The van der Waals surface area contributed by atoms with Gasteiger partial charge in [-0.3, -0.25) is 0 Å². The SMILES string of the molecule is CC=CCCc1ccc(C=Cc2ccc(CCC3CCC(C[C@H](C)c4ccccc4)CC3)cc2F)cc1. The third kappa shape index (κ3) is 8.56. The van der Waals surface area contributed by atoms with Crippen LogP contribution in [0.2, 0.25) is 0 Å². The van der Waals surface area contributed by atoms with E-state index in [1.54, 1.807) is 6.07 Å². The lowest BCUT2D eigenvalue weighted by atomic mass is 9.75. The number of halogens is 1. The largest absolute Gasteiger partial charge is 0.206 e. The Kier molecular flexibility index (Phi) is 10.4. The molecule has 1 saturated carbocycles. The number of hydrogen-bond donors (Lipinski definition) is 0. The molecule has 0 saturated heterocycles. The van der Waals surface area contributed by atoms with Crippen LogP contribution >= 0.6 is 0 Å². The number of rotatable bonds is 11. The number of hydrogen-bond acceptors (Lipinski definition) is 0. The molecule has 4 rings (SSSR count). The molecule has 1 heteroatoms. The van der Waals surface area contributed by atoms with Crippen LogP contribution in [-0.4, -0.2) is 0 Å². The molecule has 1 aliphatic carbocycles. The highest BCUT2D eigenvalue weighted by Gasteiger charge is 2.23. The molecule has 0 N–H and O–H groups in total. The highest BCUT2D eigenvalue weighted by Crippen LogP contribution is 2.37. The Bertz CT molecular complexity index is 1130. The van der Waals surface area contributed by atoms with Crippen LogP contribution in [0, 0.1) is 17.7 Å². The molecule has 0 heterocycles. The molecule has 0 nitrogen and oxygen atoms in total. The van der Waals surface area contributed by atoms with Crippen LogP contribution in [-0.2, 0) is 12.8 Å². The van der Waals surface area contributed by atoms with Crippen molar-refractivity contribution in [3.05, 3.63) is 119 Å². The molecule has 37 heavy (non-hydrogen) atoms. The molecule has 3 aromatic carbocycles. The zero-order valence-electron chi connectivity index (χ0n) is 22.7. The molecular weight excluding hydrogens is 451 g/mol. The Labute approximate surface area is 224 Å². The quantitative estimate of drug-likeness (QED) is 0.184. The number of allylic oxidation sites excluding steroid dienone is 2. The van der Waals surface area contributed by atoms with E-state index >= 15 is 0 Å². The molecule has 0 spiro atoms. The molecule has 0 aliphatic heterocycles. The molecular formula is C36H43F. The predicted octanol–water partition coefficient (Wildman–Crippen LogP) is 10.4. The van der Waals surface area contributed by atoms with Gasteiger partial charge < -0.3 is 0 Å². The highest BCUT2D eigenvalue weighted by atomic mass is 19.1. The van der Waals surface area contributed by atoms with Gasteiger partial charge >= 0.3 is 0 Å². The van der Waals surface area contributed by atoms with Crippen molar-refractivity contribution in [2.45, 2.75) is 77.6 Å². The van der Waals surface area contributed by atoms with Crippen molar-refractivity contribution in [2.24, 2.45) is 11.8 Å². The topological polar surface area (TPSA) is 0 Å². The Morgan fingerprint density at radius 2 is 1.51 bits per heavy atom. The van der Waals surface area contributed by atoms with E-state index < -0.39 is 0 Å². The molecule has 1 aliphatic rings. The lowest BCUT2D eigenvalue weighted by Gasteiger charge is -2.30. The standard InChI is InChI=1S/C36H43F/c1-3-4-6-9-29-12-14-31(15-13-29)22-24-35-25-23-33(27-36(35)37)21-18-30-16-19-32(20-17-30)26-28(2)34-10-7-5-8-11-34/h3-5,7-8,10-15,22-25,27-28,30,32H,6,9,16-21,26H2,1-2H3/t28-,30?,32?/m0/s1. The van der Waals surface area contributed by atoms with E-state index in [1.807, 2.05) is 18.2 Å². The smallest absolute Gasteiger partial charge is 0.130 e. The Morgan fingerprint density at radius 1 is 0.811 bits per heavy atom. The second kappa shape index (κ2) is 14.1. The normalized spacial score (nSPS) is 19.0. The van der Waals surface area contributed by atoms with E-state index in [0.29, 0.717) is 11.5 Å². The van der Waals surface area contributed by atoms with Crippen LogP contribution in [0.25, 0.3) is 12.2 Å². The Balaban J connectivity index is 1.21. The van der Waals surface area contributed by atoms with Gasteiger partial charge in [-0.25, -0.2) is 4.39 Å². The molecule has 3 aromatic rings. The first kappa shape index (κ1) is 27.1. The van der Waals surface area contributed by atoms with Crippen LogP contribution < -0.4 is 0 Å². The predicted molar refractivity (Wildman–Crippen MR) is 158 cm³/mol. The minimum atomic E-state index is -0.115. The third-order valence-electron chi connectivity index (χ3n) is 8.20. The van der Waals surface area contributed by atoms with Gasteiger partial charge in [-0.1, -0.05) is 124 Å². The second-order valence-corrected chi connectivity index (χ2v) is 11.0. The van der Waals surface area contributed by atoms with E-state index in [4.69, 9.17) is 0 Å². The Morgan fingerprint density at radius 3 is 2.22 bits per heavy atom. The zero-order chi connectivity index (χ0) is 25.9. The summed E-state index contributed by atoms with van der Waals surface area (Å²) in [5.74, 6) is 2.16. The summed E-state index contributed by atoms with van der Waals surface area (Å²) in [7, 11) is 0. The van der Waals surface area contributed by atoms with E-state index in [-0.39, 0.29) is 5.82 Å². The second-order valence-electron chi connectivity index (χ2n) is 11.0. The van der Waals surface area contributed by atoms with Crippen LogP contribution in [0.15, 0.2) is 84.9 Å². The van der Waals surface area contributed by atoms with Crippen molar-refractivity contribution < 1.29 is 4.39 Å². The summed E-state index contributed by atoms with van der Waals surface area (Å²) in [4.78, 5) is 0. The fraction of sp³-hybridized carbons (Fsp3) is 0.389. The van der Waals surface area contributed by atoms with Gasteiger partial charge in [0, 0.05) is 5.56 Å². The molecule has 1 atom stereocenters. The highest BCUT2D eigenvalue weighted by molar-refractivity contribution is 5.70. The van der Waals surface area contributed by atoms with Gasteiger partial charge in [0.05, 0.1) is 0 Å². The maximum Gasteiger partial charge on any atom is 0.130 e.